The van der Waals surface area contributed by atoms with Crippen molar-refractivity contribution in [3.63, 3.8) is 0 Å². The molecule has 2 aromatic rings. The van der Waals surface area contributed by atoms with Crippen LogP contribution < -0.4 is 0 Å². The van der Waals surface area contributed by atoms with Crippen molar-refractivity contribution in [2.45, 2.75) is 0 Å². The van der Waals surface area contributed by atoms with E-state index in [1.54, 1.807) is 27.7 Å². The number of hydrogen-bond donors (Lipinski definition) is 0. The Morgan fingerprint density at radius 3 is 2.75 bits per heavy atom. The minimum Gasteiger partial charge on any atom is -0.244 e. The van der Waals surface area contributed by atoms with Crippen LogP contribution in [0.2, 0.25) is 0 Å². The van der Waals surface area contributed by atoms with E-state index in [-0.39, 0.29) is 0 Å². The minimum absolute atomic E-state index is 0.551. The largest absolute Gasteiger partial charge is 0.244 e. The van der Waals surface area contributed by atoms with E-state index in [0.29, 0.717) is 5.69 Å². The molecule has 0 radical (unpaired) electrons. The third-order valence-corrected chi connectivity index (χ3v) is 1.50. The van der Waals surface area contributed by atoms with Gasteiger partial charge in [-0.3, -0.25) is 0 Å². The van der Waals surface area contributed by atoms with Gasteiger partial charge in [0.25, 0.3) is 0 Å². The van der Waals surface area contributed by atoms with E-state index in [1.807, 2.05) is 0 Å². The monoisotopic (exact) mass is 159 g/mol. The van der Waals surface area contributed by atoms with E-state index in [2.05, 4.69) is 16.3 Å². The van der Waals surface area contributed by atoms with Gasteiger partial charge in [-0.15, -0.1) is 10.2 Å². The van der Waals surface area contributed by atoms with Crippen LogP contribution in [-0.2, 0) is 0 Å². The lowest BCUT2D eigenvalue weighted by Gasteiger charge is -2.01. The first-order valence-electron chi connectivity index (χ1n) is 3.34. The fourth-order valence-electron chi connectivity index (χ4n) is 0.969. The van der Waals surface area contributed by atoms with Crippen molar-refractivity contribution in [1.29, 1.82) is 5.26 Å². The van der Waals surface area contributed by atoms with Crippen LogP contribution in [0.15, 0.2) is 31.0 Å². The normalized spacial score (nSPS) is 9.58. The number of hydrogen-bond acceptors (Lipinski definition) is 3. The summed E-state index contributed by atoms with van der Waals surface area (Å²) in [5, 5.41) is 16.0. The lowest BCUT2D eigenvalue weighted by molar-refractivity contribution is 0.651. The summed E-state index contributed by atoms with van der Waals surface area (Å²) in [6.45, 7) is 0. The van der Waals surface area contributed by atoms with Crippen molar-refractivity contribution in [2.75, 3.05) is 0 Å². The van der Waals surface area contributed by atoms with Crippen LogP contribution in [0.1, 0.15) is 5.69 Å². The highest BCUT2D eigenvalue weighted by Crippen LogP contribution is 1.99. The summed E-state index contributed by atoms with van der Waals surface area (Å²) >= 11 is 0. The zero-order valence-corrected chi connectivity index (χ0v) is 6.12. The van der Waals surface area contributed by atoms with Crippen LogP contribution >= 0.6 is 0 Å². The number of aromatic nitrogens is 4. The second-order valence-corrected chi connectivity index (χ2v) is 2.19. The fourth-order valence-corrected chi connectivity index (χ4v) is 0.969. The van der Waals surface area contributed by atoms with Gasteiger partial charge in [-0.2, -0.15) is 5.26 Å². The molecule has 0 atom stereocenters. The molecule has 0 aliphatic heterocycles. The molecule has 0 saturated heterocycles. The summed E-state index contributed by atoms with van der Waals surface area (Å²) in [5.74, 6) is 0. The maximum atomic E-state index is 8.68. The van der Waals surface area contributed by atoms with Crippen LogP contribution in [-0.4, -0.2) is 19.5 Å². The van der Waals surface area contributed by atoms with E-state index in [1.165, 1.54) is 12.7 Å². The van der Waals surface area contributed by atoms with E-state index in [9.17, 15) is 0 Å². The van der Waals surface area contributed by atoms with Gasteiger partial charge in [-0.05, 0) is 12.1 Å². The average Bonchev–Trinajstić information content (AvgIpc) is 2.74. The Morgan fingerprint density at radius 2 is 2.08 bits per heavy atom. The van der Waals surface area contributed by atoms with Crippen LogP contribution in [0.3, 0.4) is 0 Å². The summed E-state index contributed by atoms with van der Waals surface area (Å²) in [5.41, 5.74) is 0.551. The Morgan fingerprint density at radius 1 is 1.33 bits per heavy atom. The Kier molecular flexibility index (Phi) is 1.38. The van der Waals surface area contributed by atoms with Crippen molar-refractivity contribution in [2.24, 2.45) is 0 Å². The maximum absolute atomic E-state index is 8.68. The molecule has 0 fully saturated rings. The van der Waals surface area contributed by atoms with Crippen LogP contribution in [0.5, 0.6) is 0 Å². The molecule has 0 aliphatic rings. The van der Waals surface area contributed by atoms with E-state index in [0.717, 1.165) is 0 Å². The zero-order chi connectivity index (χ0) is 8.39. The molecule has 0 aromatic carbocycles. The van der Waals surface area contributed by atoms with Gasteiger partial charge >= 0.3 is 0 Å². The first-order chi connectivity index (χ1) is 5.92. The van der Waals surface area contributed by atoms with E-state index >= 15 is 0 Å². The standard InChI is InChI=1S/C7H5N5/c8-4-7-2-1-3-12(7)11-5-9-10-6-11/h1-3,5-6H. The van der Waals surface area contributed by atoms with Crippen molar-refractivity contribution in [1.82, 2.24) is 19.5 Å². The van der Waals surface area contributed by atoms with Gasteiger partial charge in [0.2, 0.25) is 0 Å². The van der Waals surface area contributed by atoms with Gasteiger partial charge in [0.1, 0.15) is 24.4 Å². The molecule has 0 spiro atoms. The third-order valence-electron chi connectivity index (χ3n) is 1.50. The van der Waals surface area contributed by atoms with Gasteiger partial charge in [0.05, 0.1) is 0 Å². The number of nitriles is 1. The summed E-state index contributed by atoms with van der Waals surface area (Å²) in [6, 6.07) is 5.56. The molecular weight excluding hydrogens is 154 g/mol. The Balaban J connectivity index is 2.55. The molecule has 5 heteroatoms. The van der Waals surface area contributed by atoms with Gasteiger partial charge in [0, 0.05) is 6.20 Å². The second-order valence-electron chi connectivity index (χ2n) is 2.19. The van der Waals surface area contributed by atoms with Crippen molar-refractivity contribution in [3.05, 3.63) is 36.7 Å². The molecule has 0 unspecified atom stereocenters. The highest BCUT2D eigenvalue weighted by atomic mass is 15.5. The van der Waals surface area contributed by atoms with Gasteiger partial charge in [-0.1, -0.05) is 0 Å². The lowest BCUT2D eigenvalue weighted by atomic mass is 10.5. The molecule has 5 nitrogen and oxygen atoms in total. The van der Waals surface area contributed by atoms with Crippen molar-refractivity contribution >= 4 is 0 Å². The fraction of sp³-hybridized carbons (Fsp3) is 0. The molecule has 0 amide bonds. The van der Waals surface area contributed by atoms with Gasteiger partial charge in [-0.25, -0.2) is 9.35 Å². The minimum atomic E-state index is 0.551. The topological polar surface area (TPSA) is 59.4 Å². The molecule has 0 bridgehead atoms. The number of rotatable bonds is 1. The molecule has 12 heavy (non-hydrogen) atoms. The molecule has 58 valence electrons. The predicted octanol–water partition coefficient (Wildman–Crippen LogP) is 0.263. The second kappa shape index (κ2) is 2.51. The smallest absolute Gasteiger partial charge is 0.140 e. The quantitative estimate of drug-likeness (QED) is 0.599. The Labute approximate surface area is 68.5 Å². The maximum Gasteiger partial charge on any atom is 0.140 e. The van der Waals surface area contributed by atoms with Crippen LogP contribution in [0, 0.1) is 11.3 Å². The van der Waals surface area contributed by atoms with Crippen molar-refractivity contribution in [3.8, 4) is 6.07 Å². The SMILES string of the molecule is N#Cc1cccn1-n1cnnc1. The van der Waals surface area contributed by atoms with Crippen LogP contribution in [0.4, 0.5) is 0 Å². The Hall–Kier alpha value is -2.09. The summed E-state index contributed by atoms with van der Waals surface area (Å²) in [6.07, 6.45) is 4.82. The summed E-state index contributed by atoms with van der Waals surface area (Å²) in [4.78, 5) is 0. The zero-order valence-electron chi connectivity index (χ0n) is 6.12. The van der Waals surface area contributed by atoms with Crippen LogP contribution in [0.25, 0.3) is 0 Å². The van der Waals surface area contributed by atoms with E-state index in [4.69, 9.17) is 5.26 Å². The molecule has 0 saturated carbocycles. The van der Waals surface area contributed by atoms with Crippen molar-refractivity contribution < 1.29 is 0 Å². The first-order valence-corrected chi connectivity index (χ1v) is 3.34. The molecule has 2 heterocycles. The summed E-state index contributed by atoms with van der Waals surface area (Å²) in [7, 11) is 0. The third kappa shape index (κ3) is 0.864. The predicted molar refractivity (Wildman–Crippen MR) is 40.0 cm³/mol. The highest BCUT2D eigenvalue weighted by Gasteiger charge is 1.99. The van der Waals surface area contributed by atoms with E-state index < -0.39 is 0 Å². The molecule has 0 N–H and O–H groups in total. The first kappa shape index (κ1) is 6.61. The molecule has 2 aromatic heterocycles. The average molecular weight is 159 g/mol. The van der Waals surface area contributed by atoms with Gasteiger partial charge < -0.3 is 0 Å². The Bertz CT molecular complexity index is 405. The van der Waals surface area contributed by atoms with Gasteiger partial charge in [0.15, 0.2) is 0 Å². The summed E-state index contributed by atoms with van der Waals surface area (Å²) < 4.78 is 3.28. The molecular formula is C7H5N5. The number of nitrogens with zero attached hydrogens (tertiary/aromatic N) is 5. The molecule has 0 aliphatic carbocycles. The molecule has 2 rings (SSSR count). The highest BCUT2D eigenvalue weighted by molar-refractivity contribution is 5.21. The lowest BCUT2D eigenvalue weighted by Crippen LogP contribution is -2.06.